The van der Waals surface area contributed by atoms with Gasteiger partial charge in [-0.05, 0) is 54.8 Å². The molecule has 2 aromatic carbocycles. The second-order valence-corrected chi connectivity index (χ2v) is 5.90. The molecule has 0 saturated carbocycles. The van der Waals surface area contributed by atoms with Gasteiger partial charge in [-0.2, -0.15) is 0 Å². The molecule has 1 nitrogen and oxygen atoms in total. The first kappa shape index (κ1) is 16.3. The second kappa shape index (κ2) is 7.26. The monoisotopic (exact) mass is 325 g/mol. The van der Waals surface area contributed by atoms with Gasteiger partial charge in [0, 0.05) is 16.1 Å². The summed E-state index contributed by atoms with van der Waals surface area (Å²) in [5.41, 5.74) is 2.57. The van der Waals surface area contributed by atoms with E-state index in [2.05, 4.69) is 5.32 Å². The summed E-state index contributed by atoms with van der Waals surface area (Å²) in [6.07, 6.45) is 0.687. The van der Waals surface area contributed by atoms with Crippen LogP contribution in [0.2, 0.25) is 10.0 Å². The lowest BCUT2D eigenvalue weighted by atomic mass is 9.97. The van der Waals surface area contributed by atoms with E-state index in [1.54, 1.807) is 25.1 Å². The van der Waals surface area contributed by atoms with Crippen molar-refractivity contribution in [3.05, 3.63) is 69.0 Å². The first-order valence-electron chi connectivity index (χ1n) is 6.94. The normalized spacial score (nSPS) is 12.4. The zero-order chi connectivity index (χ0) is 15.4. The Morgan fingerprint density at radius 3 is 2.52 bits per heavy atom. The van der Waals surface area contributed by atoms with E-state index in [0.29, 0.717) is 22.0 Å². The van der Waals surface area contributed by atoms with Crippen LogP contribution in [0.5, 0.6) is 0 Å². The quantitative estimate of drug-likeness (QED) is 0.782. The average molecular weight is 326 g/mol. The summed E-state index contributed by atoms with van der Waals surface area (Å²) in [5, 5.41) is 4.63. The molecule has 1 unspecified atom stereocenters. The van der Waals surface area contributed by atoms with Crippen molar-refractivity contribution >= 4 is 23.2 Å². The molecule has 0 saturated heterocycles. The Kier molecular flexibility index (Phi) is 5.63. The summed E-state index contributed by atoms with van der Waals surface area (Å²) < 4.78 is 13.8. The summed E-state index contributed by atoms with van der Waals surface area (Å²) in [6.45, 7) is 4.59. The van der Waals surface area contributed by atoms with Gasteiger partial charge in [0.15, 0.2) is 0 Å². The van der Waals surface area contributed by atoms with Crippen LogP contribution in [0.3, 0.4) is 0 Å². The van der Waals surface area contributed by atoms with Crippen LogP contribution in [0.15, 0.2) is 36.4 Å². The molecule has 2 rings (SSSR count). The molecule has 0 aliphatic carbocycles. The largest absolute Gasteiger partial charge is 0.310 e. The first-order valence-corrected chi connectivity index (χ1v) is 7.70. The Balaban J connectivity index is 2.28. The summed E-state index contributed by atoms with van der Waals surface area (Å²) in [7, 11) is 0. The van der Waals surface area contributed by atoms with Crippen LogP contribution in [0.25, 0.3) is 0 Å². The van der Waals surface area contributed by atoms with Gasteiger partial charge in [-0.1, -0.05) is 48.3 Å². The van der Waals surface area contributed by atoms with Crippen LogP contribution in [-0.4, -0.2) is 6.54 Å². The van der Waals surface area contributed by atoms with Crippen molar-refractivity contribution < 1.29 is 4.39 Å². The van der Waals surface area contributed by atoms with Crippen molar-refractivity contribution in [2.24, 2.45) is 0 Å². The molecular weight excluding hydrogens is 308 g/mol. The van der Waals surface area contributed by atoms with Crippen molar-refractivity contribution in [1.29, 1.82) is 0 Å². The number of likely N-dealkylation sites (N-methyl/N-ethyl adjacent to an activating group) is 1. The Hall–Kier alpha value is -1.09. The van der Waals surface area contributed by atoms with Crippen LogP contribution in [0.4, 0.5) is 4.39 Å². The second-order valence-electron chi connectivity index (χ2n) is 5.06. The predicted octanol–water partition coefficient (Wildman–Crippen LogP) is 5.33. The number of hydrogen-bond acceptors (Lipinski definition) is 1. The highest BCUT2D eigenvalue weighted by Gasteiger charge is 2.14. The Morgan fingerprint density at radius 2 is 1.90 bits per heavy atom. The number of benzene rings is 2. The van der Waals surface area contributed by atoms with Gasteiger partial charge in [0.05, 0.1) is 0 Å². The first-order chi connectivity index (χ1) is 10.0. The number of halogens is 3. The van der Waals surface area contributed by atoms with Crippen molar-refractivity contribution in [3.8, 4) is 0 Å². The SMILES string of the molecule is CCNC(Cc1ccc(Cl)cc1Cl)c1ccc(C)c(F)c1. The topological polar surface area (TPSA) is 12.0 Å². The van der Waals surface area contributed by atoms with Gasteiger partial charge in [-0.25, -0.2) is 4.39 Å². The maximum absolute atomic E-state index is 13.8. The van der Waals surface area contributed by atoms with E-state index in [-0.39, 0.29) is 11.9 Å². The van der Waals surface area contributed by atoms with Crippen LogP contribution < -0.4 is 5.32 Å². The number of rotatable bonds is 5. The molecule has 0 aromatic heterocycles. The van der Waals surface area contributed by atoms with Crippen molar-refractivity contribution in [2.75, 3.05) is 6.54 Å². The maximum Gasteiger partial charge on any atom is 0.126 e. The van der Waals surface area contributed by atoms with Gasteiger partial charge in [-0.3, -0.25) is 0 Å². The standard InChI is InChI=1S/C17H18Cl2FN/c1-3-21-17(13-5-4-11(2)16(20)8-13)9-12-6-7-14(18)10-15(12)19/h4-8,10,17,21H,3,9H2,1-2H3. The zero-order valence-corrected chi connectivity index (χ0v) is 13.6. The van der Waals surface area contributed by atoms with Gasteiger partial charge in [0.2, 0.25) is 0 Å². The molecule has 4 heteroatoms. The van der Waals surface area contributed by atoms with E-state index in [0.717, 1.165) is 17.7 Å². The minimum Gasteiger partial charge on any atom is -0.310 e. The molecule has 0 amide bonds. The molecule has 0 fully saturated rings. The highest BCUT2D eigenvalue weighted by molar-refractivity contribution is 6.35. The molecule has 0 heterocycles. The van der Waals surface area contributed by atoms with Gasteiger partial charge in [0.1, 0.15) is 5.82 Å². The summed E-state index contributed by atoms with van der Waals surface area (Å²) in [6, 6.07) is 10.8. The minimum absolute atomic E-state index is 0.0174. The molecule has 0 spiro atoms. The van der Waals surface area contributed by atoms with E-state index < -0.39 is 0 Å². The zero-order valence-electron chi connectivity index (χ0n) is 12.1. The van der Waals surface area contributed by atoms with Crippen LogP contribution in [-0.2, 0) is 6.42 Å². The Labute approximate surface area is 135 Å². The van der Waals surface area contributed by atoms with Gasteiger partial charge >= 0.3 is 0 Å². The fourth-order valence-corrected chi connectivity index (χ4v) is 2.77. The van der Waals surface area contributed by atoms with Gasteiger partial charge < -0.3 is 5.32 Å². The van der Waals surface area contributed by atoms with Crippen LogP contribution >= 0.6 is 23.2 Å². The fraction of sp³-hybridized carbons (Fsp3) is 0.294. The highest BCUT2D eigenvalue weighted by Crippen LogP contribution is 2.27. The van der Waals surface area contributed by atoms with Crippen LogP contribution in [0, 0.1) is 12.7 Å². The molecule has 1 N–H and O–H groups in total. The molecule has 21 heavy (non-hydrogen) atoms. The van der Waals surface area contributed by atoms with E-state index in [1.165, 1.54) is 0 Å². The van der Waals surface area contributed by atoms with Crippen molar-refractivity contribution in [3.63, 3.8) is 0 Å². The van der Waals surface area contributed by atoms with Crippen molar-refractivity contribution in [2.45, 2.75) is 26.3 Å². The van der Waals surface area contributed by atoms with Gasteiger partial charge in [0.25, 0.3) is 0 Å². The Bertz CT molecular complexity index is 628. The molecule has 0 radical (unpaired) electrons. The molecule has 112 valence electrons. The van der Waals surface area contributed by atoms with Crippen LogP contribution in [0.1, 0.15) is 29.7 Å². The number of hydrogen-bond donors (Lipinski definition) is 1. The molecule has 0 aliphatic heterocycles. The Morgan fingerprint density at radius 1 is 1.14 bits per heavy atom. The summed E-state index contributed by atoms with van der Waals surface area (Å²) in [4.78, 5) is 0. The van der Waals surface area contributed by atoms with E-state index >= 15 is 0 Å². The number of nitrogens with one attached hydrogen (secondary N) is 1. The summed E-state index contributed by atoms with van der Waals surface area (Å²) in [5.74, 6) is -0.183. The average Bonchev–Trinajstić information content (AvgIpc) is 2.44. The molecule has 0 aliphatic rings. The molecule has 1 atom stereocenters. The minimum atomic E-state index is -0.183. The van der Waals surface area contributed by atoms with E-state index in [9.17, 15) is 4.39 Å². The third kappa shape index (κ3) is 4.19. The molecule has 0 bridgehead atoms. The third-order valence-corrected chi connectivity index (χ3v) is 4.07. The summed E-state index contributed by atoms with van der Waals surface area (Å²) >= 11 is 12.2. The number of aryl methyl sites for hydroxylation is 1. The third-order valence-electron chi connectivity index (χ3n) is 3.49. The lowest BCUT2D eigenvalue weighted by molar-refractivity contribution is 0.541. The highest BCUT2D eigenvalue weighted by atomic mass is 35.5. The van der Waals surface area contributed by atoms with Gasteiger partial charge in [-0.15, -0.1) is 0 Å². The molecular formula is C17H18Cl2FN. The van der Waals surface area contributed by atoms with E-state index in [4.69, 9.17) is 23.2 Å². The van der Waals surface area contributed by atoms with Crippen molar-refractivity contribution in [1.82, 2.24) is 5.32 Å². The molecule has 2 aromatic rings. The fourth-order valence-electron chi connectivity index (χ4n) is 2.29. The maximum atomic E-state index is 13.8. The van der Waals surface area contributed by atoms with E-state index in [1.807, 2.05) is 25.1 Å². The lowest BCUT2D eigenvalue weighted by Gasteiger charge is -2.20. The smallest absolute Gasteiger partial charge is 0.126 e. The predicted molar refractivity (Wildman–Crippen MR) is 87.7 cm³/mol. The lowest BCUT2D eigenvalue weighted by Crippen LogP contribution is -2.23.